The number of ether oxygens (including phenoxy) is 2. The summed E-state index contributed by atoms with van der Waals surface area (Å²) in [7, 11) is 1.55. The molecule has 0 fully saturated rings. The Labute approximate surface area is 168 Å². The number of amides is 1. The minimum atomic E-state index is -0.899. The van der Waals surface area contributed by atoms with Crippen LogP contribution in [0.4, 0.5) is 5.69 Å². The molecule has 0 aromatic heterocycles. The largest absolute Gasteiger partial charge is 0.496 e. The van der Waals surface area contributed by atoms with Gasteiger partial charge >= 0.3 is 5.97 Å². The van der Waals surface area contributed by atoms with Crippen LogP contribution in [0, 0.1) is 0 Å². The summed E-state index contributed by atoms with van der Waals surface area (Å²) in [6.45, 7) is 3.03. The maximum atomic E-state index is 12.1. The van der Waals surface area contributed by atoms with Crippen molar-refractivity contribution in [1.29, 1.82) is 0 Å². The number of carbonyl (C=O) groups excluding carboxylic acids is 3. The summed E-state index contributed by atoms with van der Waals surface area (Å²) >= 11 is 1.32. The number of hydrogen-bond donors (Lipinski definition) is 1. The number of carbonyl (C=O) groups is 3. The SMILES string of the molecule is COc1ccc(C(C)=O)cc1CSCC(=O)O[C@@H](C)C(=O)Nc1ccccc1. The summed E-state index contributed by atoms with van der Waals surface area (Å²) in [6, 6.07) is 14.2. The Morgan fingerprint density at radius 3 is 2.46 bits per heavy atom. The maximum absolute atomic E-state index is 12.1. The van der Waals surface area contributed by atoms with Crippen molar-refractivity contribution in [2.75, 3.05) is 18.2 Å². The van der Waals surface area contributed by atoms with E-state index in [0.717, 1.165) is 5.56 Å². The lowest BCUT2D eigenvalue weighted by atomic mass is 10.1. The fraction of sp³-hybridized carbons (Fsp3) is 0.286. The highest BCUT2D eigenvalue weighted by atomic mass is 32.2. The monoisotopic (exact) mass is 401 g/mol. The molecule has 0 unspecified atom stereocenters. The second kappa shape index (κ2) is 10.5. The van der Waals surface area contributed by atoms with Crippen molar-refractivity contribution in [3.05, 3.63) is 59.7 Å². The van der Waals surface area contributed by atoms with Gasteiger partial charge in [-0.2, -0.15) is 0 Å². The maximum Gasteiger partial charge on any atom is 0.316 e. The number of thioether (sulfide) groups is 1. The number of ketones is 1. The standard InChI is InChI=1S/C21H23NO5S/c1-14(23)16-9-10-19(26-3)17(11-16)12-28-13-20(24)27-15(2)21(25)22-18-7-5-4-6-8-18/h4-11,15H,12-13H2,1-3H3,(H,22,25)/t15-/m0/s1. The normalized spacial score (nSPS) is 11.4. The van der Waals surface area contributed by atoms with Gasteiger partial charge in [0.25, 0.3) is 5.91 Å². The molecule has 6 nitrogen and oxygen atoms in total. The summed E-state index contributed by atoms with van der Waals surface area (Å²) < 4.78 is 10.5. The number of para-hydroxylation sites is 1. The molecule has 0 aliphatic carbocycles. The van der Waals surface area contributed by atoms with Gasteiger partial charge in [-0.1, -0.05) is 18.2 Å². The highest BCUT2D eigenvalue weighted by Gasteiger charge is 2.18. The van der Waals surface area contributed by atoms with Gasteiger partial charge in [0.05, 0.1) is 12.9 Å². The summed E-state index contributed by atoms with van der Waals surface area (Å²) in [4.78, 5) is 35.6. The molecule has 0 saturated heterocycles. The van der Waals surface area contributed by atoms with Crippen LogP contribution in [0.2, 0.25) is 0 Å². The Morgan fingerprint density at radius 1 is 1.11 bits per heavy atom. The Hall–Kier alpha value is -2.80. The smallest absolute Gasteiger partial charge is 0.316 e. The minimum Gasteiger partial charge on any atom is -0.496 e. The number of rotatable bonds is 9. The van der Waals surface area contributed by atoms with Crippen molar-refractivity contribution in [2.24, 2.45) is 0 Å². The molecule has 0 radical (unpaired) electrons. The van der Waals surface area contributed by atoms with Crippen molar-refractivity contribution in [3.8, 4) is 5.75 Å². The van der Waals surface area contributed by atoms with Crippen molar-refractivity contribution < 1.29 is 23.9 Å². The zero-order valence-corrected chi connectivity index (χ0v) is 16.9. The molecule has 0 saturated carbocycles. The molecule has 0 spiro atoms. The lowest BCUT2D eigenvalue weighted by Gasteiger charge is -2.14. The molecule has 0 aliphatic rings. The summed E-state index contributed by atoms with van der Waals surface area (Å²) in [5.41, 5.74) is 2.05. The van der Waals surface area contributed by atoms with Gasteiger partial charge in [-0.05, 0) is 44.2 Å². The first-order valence-electron chi connectivity index (χ1n) is 8.71. The number of esters is 1. The number of benzene rings is 2. The molecule has 2 aromatic carbocycles. The summed E-state index contributed by atoms with van der Waals surface area (Å²) in [6.07, 6.45) is -0.899. The van der Waals surface area contributed by atoms with Crippen molar-refractivity contribution in [2.45, 2.75) is 25.7 Å². The average Bonchev–Trinajstić information content (AvgIpc) is 2.68. The van der Waals surface area contributed by atoms with Gasteiger partial charge in [0, 0.05) is 22.6 Å². The van der Waals surface area contributed by atoms with Crippen LogP contribution in [-0.2, 0) is 20.1 Å². The molecule has 2 rings (SSSR count). The molecule has 148 valence electrons. The van der Waals surface area contributed by atoms with E-state index < -0.39 is 12.1 Å². The van der Waals surface area contributed by atoms with Crippen molar-refractivity contribution in [3.63, 3.8) is 0 Å². The van der Waals surface area contributed by atoms with E-state index in [1.807, 2.05) is 6.07 Å². The van der Waals surface area contributed by atoms with E-state index in [1.165, 1.54) is 25.6 Å². The van der Waals surface area contributed by atoms with E-state index >= 15 is 0 Å². The minimum absolute atomic E-state index is 0.0356. The third kappa shape index (κ3) is 6.42. The van der Waals surface area contributed by atoms with Crippen LogP contribution in [0.3, 0.4) is 0 Å². The molecule has 1 N–H and O–H groups in total. The zero-order chi connectivity index (χ0) is 20.5. The van der Waals surface area contributed by atoms with E-state index in [-0.39, 0.29) is 17.4 Å². The van der Waals surface area contributed by atoms with Crippen LogP contribution in [0.5, 0.6) is 5.75 Å². The molecule has 28 heavy (non-hydrogen) atoms. The molecule has 1 atom stereocenters. The first-order chi connectivity index (χ1) is 13.4. The van der Waals surface area contributed by atoms with E-state index in [2.05, 4.69) is 5.32 Å². The predicted octanol–water partition coefficient (Wildman–Crippen LogP) is 3.70. The van der Waals surface area contributed by atoms with Crippen LogP contribution in [0.15, 0.2) is 48.5 Å². The first kappa shape index (κ1) is 21.5. The quantitative estimate of drug-likeness (QED) is 0.510. The number of anilines is 1. The molecule has 7 heteroatoms. The van der Waals surface area contributed by atoms with Gasteiger partial charge in [-0.25, -0.2) is 0 Å². The molecule has 0 heterocycles. The lowest BCUT2D eigenvalue weighted by molar-refractivity contribution is -0.150. The number of methoxy groups -OCH3 is 1. The van der Waals surface area contributed by atoms with Crippen LogP contribution in [0.25, 0.3) is 0 Å². The number of nitrogens with one attached hydrogen (secondary N) is 1. The Morgan fingerprint density at radius 2 is 1.82 bits per heavy atom. The van der Waals surface area contributed by atoms with Gasteiger partial charge in [0.2, 0.25) is 0 Å². The average molecular weight is 401 g/mol. The van der Waals surface area contributed by atoms with Crippen LogP contribution < -0.4 is 10.1 Å². The molecule has 0 aliphatic heterocycles. The molecule has 2 aromatic rings. The van der Waals surface area contributed by atoms with E-state index in [1.54, 1.807) is 49.6 Å². The second-order valence-corrected chi connectivity index (χ2v) is 7.05. The van der Waals surface area contributed by atoms with E-state index in [4.69, 9.17) is 9.47 Å². The second-order valence-electron chi connectivity index (χ2n) is 6.06. The summed E-state index contributed by atoms with van der Waals surface area (Å²) in [5, 5.41) is 2.69. The fourth-order valence-corrected chi connectivity index (χ4v) is 3.19. The first-order valence-corrected chi connectivity index (χ1v) is 9.87. The van der Waals surface area contributed by atoms with Crippen molar-refractivity contribution >= 4 is 35.1 Å². The van der Waals surface area contributed by atoms with Gasteiger partial charge in [0.1, 0.15) is 5.75 Å². The van der Waals surface area contributed by atoms with E-state index in [9.17, 15) is 14.4 Å². The molecular weight excluding hydrogens is 378 g/mol. The number of Topliss-reactive ketones (excluding diaryl/α,β-unsaturated/α-hetero) is 1. The van der Waals surface area contributed by atoms with Gasteiger partial charge in [-0.3, -0.25) is 14.4 Å². The highest BCUT2D eigenvalue weighted by Crippen LogP contribution is 2.25. The molecule has 1 amide bonds. The number of hydrogen-bond acceptors (Lipinski definition) is 6. The Bertz CT molecular complexity index is 838. The van der Waals surface area contributed by atoms with Crippen LogP contribution in [0.1, 0.15) is 29.8 Å². The topological polar surface area (TPSA) is 81.7 Å². The van der Waals surface area contributed by atoms with Gasteiger partial charge in [0.15, 0.2) is 11.9 Å². The summed E-state index contributed by atoms with van der Waals surface area (Å²) in [5.74, 6) is 0.302. The van der Waals surface area contributed by atoms with E-state index in [0.29, 0.717) is 22.8 Å². The van der Waals surface area contributed by atoms with Crippen LogP contribution >= 0.6 is 11.8 Å². The molecular formula is C21H23NO5S. The fourth-order valence-electron chi connectivity index (χ4n) is 2.40. The third-order valence-electron chi connectivity index (χ3n) is 3.88. The molecule has 0 bridgehead atoms. The predicted molar refractivity (Wildman–Crippen MR) is 110 cm³/mol. The lowest BCUT2D eigenvalue weighted by Crippen LogP contribution is -2.30. The van der Waals surface area contributed by atoms with Gasteiger partial charge in [-0.15, -0.1) is 11.8 Å². The Kier molecular flexibility index (Phi) is 8.07. The van der Waals surface area contributed by atoms with Crippen LogP contribution in [-0.4, -0.2) is 36.6 Å². The highest BCUT2D eigenvalue weighted by molar-refractivity contribution is 7.99. The van der Waals surface area contributed by atoms with Crippen molar-refractivity contribution in [1.82, 2.24) is 0 Å². The van der Waals surface area contributed by atoms with Gasteiger partial charge < -0.3 is 14.8 Å². The zero-order valence-electron chi connectivity index (χ0n) is 16.1. The third-order valence-corrected chi connectivity index (χ3v) is 4.84. The Balaban J connectivity index is 1.83.